The molecule has 0 bridgehead atoms. The van der Waals surface area contributed by atoms with Gasteiger partial charge in [0.05, 0.1) is 5.69 Å². The Balaban J connectivity index is 2.07. The van der Waals surface area contributed by atoms with Crippen molar-refractivity contribution in [3.63, 3.8) is 0 Å². The van der Waals surface area contributed by atoms with E-state index < -0.39 is 0 Å². The minimum absolute atomic E-state index is 0.289. The van der Waals surface area contributed by atoms with Crippen LogP contribution in [0.4, 0.5) is 5.69 Å². The highest BCUT2D eigenvalue weighted by atomic mass is 32.2. The van der Waals surface area contributed by atoms with Gasteiger partial charge < -0.3 is 15.2 Å². The van der Waals surface area contributed by atoms with Crippen LogP contribution in [0.1, 0.15) is 33.6 Å². The molecule has 0 aliphatic carbocycles. The summed E-state index contributed by atoms with van der Waals surface area (Å²) in [4.78, 5) is 4.53. The second-order valence-corrected chi connectivity index (χ2v) is 7.01. The van der Waals surface area contributed by atoms with E-state index in [0.717, 1.165) is 31.1 Å². The molecule has 106 valence electrons. The molecular formula is C14H22N2O2S. The van der Waals surface area contributed by atoms with E-state index in [4.69, 9.17) is 15.2 Å². The average molecular weight is 282 g/mol. The molecule has 2 N–H and O–H groups in total. The fourth-order valence-electron chi connectivity index (χ4n) is 1.84. The smallest absolute Gasteiger partial charge is 0.238 e. The molecule has 0 aromatic carbocycles. The van der Waals surface area contributed by atoms with Crippen molar-refractivity contribution in [3.05, 3.63) is 12.1 Å². The molecule has 0 radical (unpaired) electrons. The van der Waals surface area contributed by atoms with Crippen molar-refractivity contribution in [2.45, 2.75) is 49.5 Å². The highest BCUT2D eigenvalue weighted by molar-refractivity contribution is 7.99. The largest absolute Gasteiger partial charge is 0.470 e. The third kappa shape index (κ3) is 4.58. The molecule has 1 aliphatic rings. The number of pyridine rings is 1. The number of thioether (sulfide) groups is 1. The van der Waals surface area contributed by atoms with Crippen LogP contribution in [0, 0.1) is 0 Å². The topological polar surface area (TPSA) is 57.4 Å². The van der Waals surface area contributed by atoms with Crippen molar-refractivity contribution in [1.82, 2.24) is 4.98 Å². The molecule has 0 saturated carbocycles. The Morgan fingerprint density at radius 3 is 2.63 bits per heavy atom. The van der Waals surface area contributed by atoms with Gasteiger partial charge in [-0.05, 0) is 45.7 Å². The fourth-order valence-corrected chi connectivity index (χ4v) is 2.89. The number of aromatic nitrogens is 1. The molecule has 0 amide bonds. The first-order chi connectivity index (χ1) is 8.94. The zero-order chi connectivity index (χ0) is 13.9. The van der Waals surface area contributed by atoms with Crippen LogP contribution >= 0.6 is 11.8 Å². The summed E-state index contributed by atoms with van der Waals surface area (Å²) in [5.41, 5.74) is 6.21. The number of nitrogens with zero attached hydrogens (tertiary/aromatic N) is 1. The van der Waals surface area contributed by atoms with Crippen molar-refractivity contribution in [1.29, 1.82) is 0 Å². The highest BCUT2D eigenvalue weighted by Crippen LogP contribution is 2.32. The van der Waals surface area contributed by atoms with E-state index in [1.165, 1.54) is 0 Å². The van der Waals surface area contributed by atoms with E-state index in [1.807, 2.05) is 32.9 Å². The van der Waals surface area contributed by atoms with Gasteiger partial charge in [0, 0.05) is 18.5 Å². The van der Waals surface area contributed by atoms with Crippen molar-refractivity contribution in [2.24, 2.45) is 0 Å². The third-order valence-corrected chi connectivity index (χ3v) is 4.00. The molecule has 2 heterocycles. The number of nitrogens with two attached hydrogens (primary N) is 1. The molecule has 0 atom stereocenters. The minimum Gasteiger partial charge on any atom is -0.470 e. The Hall–Kier alpha value is -0.940. The summed E-state index contributed by atoms with van der Waals surface area (Å²) in [7, 11) is 0. The van der Waals surface area contributed by atoms with Gasteiger partial charge in [0.15, 0.2) is 0 Å². The van der Waals surface area contributed by atoms with Crippen LogP contribution in [0.15, 0.2) is 17.2 Å². The monoisotopic (exact) mass is 282 g/mol. The van der Waals surface area contributed by atoms with Gasteiger partial charge in [0.25, 0.3) is 0 Å². The fraction of sp³-hybridized carbons (Fsp3) is 0.643. The molecule has 1 aromatic rings. The Morgan fingerprint density at radius 1 is 1.32 bits per heavy atom. The predicted molar refractivity (Wildman–Crippen MR) is 78.7 cm³/mol. The lowest BCUT2D eigenvalue weighted by Crippen LogP contribution is -2.24. The standard InChI is InChI=1S/C14H22N2O2S/c1-14(2,3)18-13-11(15)4-5-12(16-13)19-10-6-8-17-9-7-10/h4-5,10H,6-9,15H2,1-3H3. The van der Waals surface area contributed by atoms with Gasteiger partial charge >= 0.3 is 0 Å². The van der Waals surface area contributed by atoms with E-state index in [9.17, 15) is 0 Å². The molecule has 0 spiro atoms. The van der Waals surface area contributed by atoms with Crippen LogP contribution in [0.3, 0.4) is 0 Å². The predicted octanol–water partition coefficient (Wildman–Crippen LogP) is 3.11. The van der Waals surface area contributed by atoms with Crippen molar-refractivity contribution < 1.29 is 9.47 Å². The van der Waals surface area contributed by atoms with E-state index in [2.05, 4.69) is 4.98 Å². The Labute approximate surface area is 119 Å². The van der Waals surface area contributed by atoms with Crippen LogP contribution in [0.25, 0.3) is 0 Å². The first-order valence-electron chi connectivity index (χ1n) is 6.64. The lowest BCUT2D eigenvalue weighted by Gasteiger charge is -2.23. The first kappa shape index (κ1) is 14.5. The van der Waals surface area contributed by atoms with Gasteiger partial charge in [-0.25, -0.2) is 4.98 Å². The zero-order valence-electron chi connectivity index (χ0n) is 11.8. The second kappa shape index (κ2) is 6.01. The number of hydrogen-bond acceptors (Lipinski definition) is 5. The normalized spacial score (nSPS) is 17.4. The van der Waals surface area contributed by atoms with E-state index in [0.29, 0.717) is 16.8 Å². The summed E-state index contributed by atoms with van der Waals surface area (Å²) >= 11 is 1.79. The third-order valence-electron chi connectivity index (χ3n) is 2.72. The molecule has 1 fully saturated rings. The number of anilines is 1. The number of nitrogen functional groups attached to an aromatic ring is 1. The summed E-state index contributed by atoms with van der Waals surface area (Å²) < 4.78 is 11.2. The van der Waals surface area contributed by atoms with Crippen LogP contribution in [0.5, 0.6) is 5.88 Å². The minimum atomic E-state index is -0.289. The Morgan fingerprint density at radius 2 is 2.00 bits per heavy atom. The van der Waals surface area contributed by atoms with Crippen LogP contribution in [0.2, 0.25) is 0 Å². The zero-order valence-corrected chi connectivity index (χ0v) is 12.6. The molecule has 2 rings (SSSR count). The van der Waals surface area contributed by atoms with Crippen LogP contribution in [-0.2, 0) is 4.74 Å². The molecule has 1 aliphatic heterocycles. The average Bonchev–Trinajstić information content (AvgIpc) is 2.33. The maximum absolute atomic E-state index is 5.91. The van der Waals surface area contributed by atoms with Gasteiger partial charge in [-0.2, -0.15) is 0 Å². The number of ether oxygens (including phenoxy) is 2. The summed E-state index contributed by atoms with van der Waals surface area (Å²) in [5.74, 6) is 0.532. The summed E-state index contributed by atoms with van der Waals surface area (Å²) in [6, 6.07) is 3.83. The molecular weight excluding hydrogens is 260 g/mol. The summed E-state index contributed by atoms with van der Waals surface area (Å²) in [6.07, 6.45) is 2.15. The van der Waals surface area contributed by atoms with Crippen molar-refractivity contribution in [3.8, 4) is 5.88 Å². The van der Waals surface area contributed by atoms with E-state index >= 15 is 0 Å². The SMILES string of the molecule is CC(C)(C)Oc1nc(SC2CCOCC2)ccc1N. The van der Waals surface area contributed by atoms with Crippen LogP contribution < -0.4 is 10.5 Å². The van der Waals surface area contributed by atoms with Gasteiger partial charge in [-0.15, -0.1) is 11.8 Å². The maximum atomic E-state index is 5.91. The van der Waals surface area contributed by atoms with Gasteiger partial charge in [0.1, 0.15) is 10.6 Å². The molecule has 0 unspecified atom stereocenters. The Bertz CT molecular complexity index is 426. The van der Waals surface area contributed by atoms with E-state index in [1.54, 1.807) is 11.8 Å². The molecule has 5 heteroatoms. The highest BCUT2D eigenvalue weighted by Gasteiger charge is 2.18. The molecule has 1 aromatic heterocycles. The van der Waals surface area contributed by atoms with Gasteiger partial charge in [0.2, 0.25) is 5.88 Å². The molecule has 19 heavy (non-hydrogen) atoms. The second-order valence-electron chi connectivity index (χ2n) is 5.69. The molecule has 4 nitrogen and oxygen atoms in total. The van der Waals surface area contributed by atoms with Gasteiger partial charge in [-0.1, -0.05) is 0 Å². The number of rotatable bonds is 3. The summed E-state index contributed by atoms with van der Waals surface area (Å²) in [5, 5.41) is 1.55. The Kier molecular flexibility index (Phi) is 4.58. The first-order valence-corrected chi connectivity index (χ1v) is 7.52. The van der Waals surface area contributed by atoms with Crippen LogP contribution in [-0.4, -0.2) is 29.0 Å². The van der Waals surface area contributed by atoms with Crippen molar-refractivity contribution >= 4 is 17.4 Å². The van der Waals surface area contributed by atoms with E-state index in [-0.39, 0.29) is 5.60 Å². The van der Waals surface area contributed by atoms with Crippen molar-refractivity contribution in [2.75, 3.05) is 18.9 Å². The lowest BCUT2D eigenvalue weighted by molar-refractivity contribution is 0.1000. The quantitative estimate of drug-likeness (QED) is 0.923. The summed E-state index contributed by atoms with van der Waals surface area (Å²) in [6.45, 7) is 7.67. The maximum Gasteiger partial charge on any atom is 0.238 e. The molecule has 1 saturated heterocycles. The lowest BCUT2D eigenvalue weighted by atomic mass is 10.2. The number of hydrogen-bond donors (Lipinski definition) is 1. The van der Waals surface area contributed by atoms with Gasteiger partial charge in [-0.3, -0.25) is 0 Å².